The van der Waals surface area contributed by atoms with E-state index in [9.17, 15) is 43.2 Å². The largest absolute Gasteiger partial charge is 0.472 e. The van der Waals surface area contributed by atoms with Crippen LogP contribution in [0.25, 0.3) is 0 Å². The number of phosphoric acid groups is 2. The molecule has 0 saturated heterocycles. The van der Waals surface area contributed by atoms with E-state index in [1.165, 1.54) is 238 Å². The number of rotatable bonds is 80. The van der Waals surface area contributed by atoms with Gasteiger partial charge in [0.25, 0.3) is 0 Å². The number of carbonyl (C=O) groups is 4. The molecular weight excluding hydrogens is 1320 g/mol. The highest BCUT2D eigenvalue weighted by atomic mass is 31.2. The minimum absolute atomic E-state index is 0.107. The number of esters is 4. The Morgan fingerprint density at radius 3 is 0.752 bits per heavy atom. The van der Waals surface area contributed by atoms with Gasteiger partial charge < -0.3 is 33.8 Å². The van der Waals surface area contributed by atoms with Crippen LogP contribution in [0.3, 0.4) is 0 Å². The molecule has 0 bridgehead atoms. The predicted octanol–water partition coefficient (Wildman–Crippen LogP) is 24.5. The maximum atomic E-state index is 13.1. The number of ether oxygens (including phenoxy) is 4. The molecule has 101 heavy (non-hydrogen) atoms. The zero-order valence-corrected chi connectivity index (χ0v) is 68.2. The zero-order valence-electron chi connectivity index (χ0n) is 66.4. The lowest BCUT2D eigenvalue weighted by Gasteiger charge is -2.21. The molecule has 3 unspecified atom stereocenters. The lowest BCUT2D eigenvalue weighted by atomic mass is 9.99. The summed E-state index contributed by atoms with van der Waals surface area (Å²) in [6.45, 7) is 12.0. The third kappa shape index (κ3) is 74.7. The van der Waals surface area contributed by atoms with Gasteiger partial charge >= 0.3 is 39.5 Å². The van der Waals surface area contributed by atoms with Gasteiger partial charge in [0.1, 0.15) is 19.3 Å². The summed E-state index contributed by atoms with van der Waals surface area (Å²) in [4.78, 5) is 73.1. The maximum absolute atomic E-state index is 13.1. The summed E-state index contributed by atoms with van der Waals surface area (Å²) in [5.74, 6) is 0.247. The molecule has 0 aromatic rings. The van der Waals surface area contributed by atoms with Gasteiger partial charge in [-0.1, -0.05) is 376 Å². The first kappa shape index (κ1) is 99.1. The molecular formula is C82H160O17P2. The minimum Gasteiger partial charge on any atom is -0.462 e. The second kappa shape index (κ2) is 72.3. The lowest BCUT2D eigenvalue weighted by Crippen LogP contribution is -2.30. The van der Waals surface area contributed by atoms with E-state index in [-0.39, 0.29) is 25.7 Å². The van der Waals surface area contributed by atoms with Crippen molar-refractivity contribution in [2.45, 2.75) is 446 Å². The van der Waals surface area contributed by atoms with Crippen LogP contribution in [0.2, 0.25) is 0 Å². The molecule has 0 fully saturated rings. The quantitative estimate of drug-likeness (QED) is 0.0222. The van der Waals surface area contributed by atoms with Crippen LogP contribution < -0.4 is 0 Å². The molecule has 0 spiro atoms. The second-order valence-electron chi connectivity index (χ2n) is 30.7. The van der Waals surface area contributed by atoms with Crippen molar-refractivity contribution < 1.29 is 80.2 Å². The first-order valence-electron chi connectivity index (χ1n) is 42.4. The van der Waals surface area contributed by atoms with Crippen molar-refractivity contribution in [3.05, 3.63) is 0 Å². The molecule has 0 aromatic heterocycles. The number of unbranched alkanes of at least 4 members (excludes halogenated alkanes) is 47. The fraction of sp³-hybridized carbons (Fsp3) is 0.951. The monoisotopic (exact) mass is 1480 g/mol. The van der Waals surface area contributed by atoms with Crippen LogP contribution in [-0.2, 0) is 65.4 Å². The van der Waals surface area contributed by atoms with Crippen LogP contribution in [0, 0.1) is 17.8 Å². The molecule has 600 valence electrons. The van der Waals surface area contributed by atoms with Gasteiger partial charge in [-0.2, -0.15) is 0 Å². The van der Waals surface area contributed by atoms with E-state index in [4.69, 9.17) is 37.0 Å². The van der Waals surface area contributed by atoms with Gasteiger partial charge in [-0.15, -0.1) is 0 Å². The number of phosphoric ester groups is 2. The van der Waals surface area contributed by atoms with Crippen molar-refractivity contribution in [1.82, 2.24) is 0 Å². The Balaban J connectivity index is 5.27. The molecule has 0 aliphatic carbocycles. The van der Waals surface area contributed by atoms with Crippen molar-refractivity contribution in [2.75, 3.05) is 39.6 Å². The van der Waals surface area contributed by atoms with E-state index >= 15 is 0 Å². The van der Waals surface area contributed by atoms with E-state index in [1.807, 2.05) is 0 Å². The first-order chi connectivity index (χ1) is 48.8. The van der Waals surface area contributed by atoms with E-state index < -0.39 is 97.5 Å². The Labute approximate surface area is 619 Å². The van der Waals surface area contributed by atoms with Crippen molar-refractivity contribution in [3.8, 4) is 0 Å². The average Bonchev–Trinajstić information content (AvgIpc) is 0.959. The summed E-state index contributed by atoms with van der Waals surface area (Å²) in [6, 6.07) is 0. The molecule has 0 heterocycles. The second-order valence-corrected chi connectivity index (χ2v) is 33.6. The zero-order chi connectivity index (χ0) is 74.4. The minimum atomic E-state index is -4.96. The van der Waals surface area contributed by atoms with Crippen molar-refractivity contribution in [2.24, 2.45) is 17.8 Å². The van der Waals surface area contributed by atoms with E-state index in [1.54, 1.807) is 0 Å². The molecule has 0 radical (unpaired) electrons. The summed E-state index contributed by atoms with van der Waals surface area (Å²) in [7, 11) is -9.92. The molecule has 0 rings (SSSR count). The highest BCUT2D eigenvalue weighted by molar-refractivity contribution is 7.47. The van der Waals surface area contributed by atoms with E-state index in [0.29, 0.717) is 25.7 Å². The Hall–Kier alpha value is -1.94. The van der Waals surface area contributed by atoms with Gasteiger partial charge in [0.15, 0.2) is 12.2 Å². The molecule has 0 saturated carbocycles. The van der Waals surface area contributed by atoms with E-state index in [2.05, 4.69) is 48.5 Å². The maximum Gasteiger partial charge on any atom is 0.472 e. The van der Waals surface area contributed by atoms with Crippen LogP contribution in [-0.4, -0.2) is 96.7 Å². The fourth-order valence-electron chi connectivity index (χ4n) is 12.6. The number of hydrogen-bond acceptors (Lipinski definition) is 15. The van der Waals surface area contributed by atoms with Gasteiger partial charge in [-0.25, -0.2) is 9.13 Å². The predicted molar refractivity (Wildman–Crippen MR) is 414 cm³/mol. The van der Waals surface area contributed by atoms with Gasteiger partial charge in [-0.3, -0.25) is 37.3 Å². The number of hydrogen-bond donors (Lipinski definition) is 3. The SMILES string of the molecule is CCCCCCCCCCCCCCCCCCCC(=O)O[C@H](COC(=O)CCCCCCCCCCCCCCCC(C)C)COP(=O)(O)OC[C@@H](O)COP(=O)(O)OC[C@@H](COC(=O)CCCCCCCCCCC(C)CC)OC(=O)CCCCCCCCCCCCCCCC(C)C. The molecule has 0 aliphatic heterocycles. The number of aliphatic hydroxyl groups is 1. The van der Waals surface area contributed by atoms with Gasteiger partial charge in [0, 0.05) is 25.7 Å². The number of carbonyl (C=O) groups excluding carboxylic acids is 4. The van der Waals surface area contributed by atoms with Gasteiger partial charge in [0.05, 0.1) is 26.4 Å². The topological polar surface area (TPSA) is 237 Å². The van der Waals surface area contributed by atoms with E-state index in [0.717, 1.165) is 108 Å². The fourth-order valence-corrected chi connectivity index (χ4v) is 14.2. The normalized spacial score (nSPS) is 14.2. The van der Waals surface area contributed by atoms with Crippen molar-refractivity contribution >= 4 is 39.5 Å². The molecule has 19 heteroatoms. The van der Waals surface area contributed by atoms with Crippen LogP contribution in [0.1, 0.15) is 427 Å². The van der Waals surface area contributed by atoms with Crippen LogP contribution in [0.4, 0.5) is 0 Å². The summed E-state index contributed by atoms with van der Waals surface area (Å²) in [5.41, 5.74) is 0. The molecule has 3 N–H and O–H groups in total. The summed E-state index contributed by atoms with van der Waals surface area (Å²) in [6.07, 6.45) is 60.9. The smallest absolute Gasteiger partial charge is 0.462 e. The van der Waals surface area contributed by atoms with Gasteiger partial charge in [-0.05, 0) is 43.4 Å². The molecule has 17 nitrogen and oxygen atoms in total. The average molecular weight is 1480 g/mol. The molecule has 6 atom stereocenters. The molecule has 0 aliphatic rings. The lowest BCUT2D eigenvalue weighted by molar-refractivity contribution is -0.161. The van der Waals surface area contributed by atoms with Crippen LogP contribution in [0.5, 0.6) is 0 Å². The highest BCUT2D eigenvalue weighted by Crippen LogP contribution is 2.45. The van der Waals surface area contributed by atoms with Crippen LogP contribution in [0.15, 0.2) is 0 Å². The van der Waals surface area contributed by atoms with Crippen molar-refractivity contribution in [1.29, 1.82) is 0 Å². The van der Waals surface area contributed by atoms with Crippen LogP contribution >= 0.6 is 15.6 Å². The standard InChI is InChI=1S/C82H160O17P2/c1-8-10-11-12-13-14-15-16-17-18-19-24-30-35-44-51-58-65-81(86)98-77(69-92-79(84)63-56-49-42-34-29-25-20-22-27-32-39-46-53-60-73(3)4)71-96-100(88,89)94-67-76(83)68-95-101(90,91)97-72-78(70-93-80(85)64-57-50-43-38-37-41-48-55-62-75(7)9-2)99-82(87)66-59-52-45-36-31-26-21-23-28-33-40-47-54-61-74(5)6/h73-78,83H,8-72H2,1-7H3,(H,88,89)(H,90,91)/t75?,76-,77-,78-/m1/s1. The van der Waals surface area contributed by atoms with Crippen molar-refractivity contribution in [3.63, 3.8) is 0 Å². The first-order valence-corrected chi connectivity index (χ1v) is 45.4. The summed E-state index contributed by atoms with van der Waals surface area (Å²) < 4.78 is 68.8. The third-order valence-electron chi connectivity index (χ3n) is 19.5. The number of aliphatic hydroxyl groups excluding tert-OH is 1. The van der Waals surface area contributed by atoms with Gasteiger partial charge in [0.2, 0.25) is 0 Å². The Bertz CT molecular complexity index is 1960. The Kier molecular flexibility index (Phi) is 70.9. The summed E-state index contributed by atoms with van der Waals surface area (Å²) >= 11 is 0. The Morgan fingerprint density at radius 1 is 0.287 bits per heavy atom. The molecule has 0 aromatic carbocycles. The molecule has 0 amide bonds. The highest BCUT2D eigenvalue weighted by Gasteiger charge is 2.30. The Morgan fingerprint density at radius 2 is 0.505 bits per heavy atom. The summed E-state index contributed by atoms with van der Waals surface area (Å²) in [5, 5.41) is 10.7. The third-order valence-corrected chi connectivity index (χ3v) is 21.4.